The minimum absolute atomic E-state index is 0.565. The summed E-state index contributed by atoms with van der Waals surface area (Å²) < 4.78 is 0. The van der Waals surface area contributed by atoms with Gasteiger partial charge in [0.05, 0.1) is 0 Å². The molecule has 5 heteroatoms. The van der Waals surface area contributed by atoms with E-state index >= 15 is 0 Å². The molecule has 0 aromatic rings. The summed E-state index contributed by atoms with van der Waals surface area (Å²) in [5, 5.41) is 2.07. The van der Waals surface area contributed by atoms with Crippen LogP contribution >= 0.6 is 0 Å². The van der Waals surface area contributed by atoms with Gasteiger partial charge < -0.3 is 0 Å². The zero-order chi connectivity index (χ0) is 10.2. The van der Waals surface area contributed by atoms with Crippen LogP contribution < -0.4 is 16.2 Å². The van der Waals surface area contributed by atoms with Crippen molar-refractivity contribution in [2.75, 3.05) is 6.54 Å². The topological polar surface area (TPSA) is 70.2 Å². The molecule has 0 unspecified atom stereocenters. The van der Waals surface area contributed by atoms with Gasteiger partial charge in [0.1, 0.15) is 0 Å². The van der Waals surface area contributed by atoms with Crippen molar-refractivity contribution >= 4 is 11.9 Å². The van der Waals surface area contributed by atoms with E-state index in [0.29, 0.717) is 13.0 Å². The van der Waals surface area contributed by atoms with E-state index in [0.717, 1.165) is 19.3 Å². The van der Waals surface area contributed by atoms with Crippen LogP contribution in [0, 0.1) is 11.8 Å². The van der Waals surface area contributed by atoms with Crippen LogP contribution in [0.5, 0.6) is 0 Å². The number of urea groups is 1. The Bertz CT molecular complexity index is 278. The average Bonchev–Trinajstić information content (AvgIpc) is 2.13. The van der Waals surface area contributed by atoms with E-state index in [1.54, 1.807) is 0 Å². The van der Waals surface area contributed by atoms with Gasteiger partial charge in [-0.05, 0) is 18.8 Å². The van der Waals surface area contributed by atoms with E-state index in [4.69, 9.17) is 0 Å². The molecular formula is C9H13N3O2. The first-order chi connectivity index (χ1) is 6.79. The standard InChI is InChI=1S/C9H13N3O2/c13-8-6-4-2-1-3-5-7-10-12-9(14)11-8/h10H,1-3,5,7H2,(H2,11,12,13,14). The molecule has 0 aliphatic carbocycles. The number of hydrogen-bond donors (Lipinski definition) is 3. The molecule has 1 aliphatic rings. The van der Waals surface area contributed by atoms with E-state index in [1.807, 2.05) is 0 Å². The van der Waals surface area contributed by atoms with Crippen molar-refractivity contribution in [1.82, 2.24) is 16.2 Å². The Morgan fingerprint density at radius 3 is 2.86 bits per heavy atom. The molecule has 0 saturated heterocycles. The van der Waals surface area contributed by atoms with Gasteiger partial charge in [0.25, 0.3) is 0 Å². The maximum absolute atomic E-state index is 10.9. The zero-order valence-electron chi connectivity index (χ0n) is 7.85. The third-order valence-corrected chi connectivity index (χ3v) is 1.73. The van der Waals surface area contributed by atoms with Crippen LogP contribution in [-0.4, -0.2) is 18.5 Å². The van der Waals surface area contributed by atoms with Gasteiger partial charge in [-0.1, -0.05) is 12.3 Å². The maximum Gasteiger partial charge on any atom is 0.336 e. The highest BCUT2D eigenvalue weighted by molar-refractivity contribution is 6.03. The van der Waals surface area contributed by atoms with Crippen LogP contribution in [0.2, 0.25) is 0 Å². The van der Waals surface area contributed by atoms with Crippen LogP contribution in [0.3, 0.4) is 0 Å². The first-order valence-electron chi connectivity index (χ1n) is 4.62. The molecular weight excluding hydrogens is 182 g/mol. The molecule has 5 nitrogen and oxygen atoms in total. The van der Waals surface area contributed by atoms with Crippen LogP contribution in [-0.2, 0) is 4.79 Å². The SMILES string of the molecule is O=C1C#CCCCCCNNC(=O)N1. The molecule has 0 saturated carbocycles. The molecule has 14 heavy (non-hydrogen) atoms. The number of rotatable bonds is 0. The lowest BCUT2D eigenvalue weighted by molar-refractivity contribution is -0.114. The zero-order valence-corrected chi connectivity index (χ0v) is 7.85. The quantitative estimate of drug-likeness (QED) is 0.472. The van der Waals surface area contributed by atoms with E-state index in [-0.39, 0.29) is 0 Å². The lowest BCUT2D eigenvalue weighted by atomic mass is 10.2. The summed E-state index contributed by atoms with van der Waals surface area (Å²) in [5.41, 5.74) is 5.05. The number of carbonyl (C=O) groups excluding carboxylic acids is 2. The summed E-state index contributed by atoms with van der Waals surface area (Å²) in [4.78, 5) is 21.9. The van der Waals surface area contributed by atoms with E-state index in [2.05, 4.69) is 28.0 Å². The summed E-state index contributed by atoms with van der Waals surface area (Å²) in [6.07, 6.45) is 3.71. The molecule has 0 aromatic heterocycles. The van der Waals surface area contributed by atoms with Gasteiger partial charge in [0.2, 0.25) is 0 Å². The van der Waals surface area contributed by atoms with Crippen LogP contribution in [0.1, 0.15) is 25.7 Å². The van der Waals surface area contributed by atoms with E-state index in [9.17, 15) is 9.59 Å². The summed E-state index contributed by atoms with van der Waals surface area (Å²) >= 11 is 0. The van der Waals surface area contributed by atoms with Gasteiger partial charge in [0, 0.05) is 13.0 Å². The highest BCUT2D eigenvalue weighted by atomic mass is 16.2. The van der Waals surface area contributed by atoms with E-state index in [1.165, 1.54) is 0 Å². The van der Waals surface area contributed by atoms with Crippen molar-refractivity contribution in [3.8, 4) is 11.8 Å². The fourth-order valence-corrected chi connectivity index (χ4v) is 1.05. The largest absolute Gasteiger partial charge is 0.336 e. The van der Waals surface area contributed by atoms with Crippen molar-refractivity contribution < 1.29 is 9.59 Å². The Kier molecular flexibility index (Phi) is 4.51. The van der Waals surface area contributed by atoms with Crippen LogP contribution in [0.25, 0.3) is 0 Å². The second-order valence-electron chi connectivity index (χ2n) is 2.95. The minimum Gasteiger partial charge on any atom is -0.273 e. The highest BCUT2D eigenvalue weighted by Gasteiger charge is 2.03. The fourth-order valence-electron chi connectivity index (χ4n) is 1.05. The second-order valence-corrected chi connectivity index (χ2v) is 2.95. The van der Waals surface area contributed by atoms with Gasteiger partial charge in [-0.3, -0.25) is 15.5 Å². The normalized spacial score (nSPS) is 19.1. The lowest BCUT2D eigenvalue weighted by Gasteiger charge is -2.06. The summed E-state index contributed by atoms with van der Waals surface area (Å²) in [6.45, 7) is 0.703. The van der Waals surface area contributed by atoms with Crippen LogP contribution in [0.4, 0.5) is 4.79 Å². The first kappa shape index (κ1) is 10.5. The highest BCUT2D eigenvalue weighted by Crippen LogP contribution is 1.97. The predicted octanol–water partition coefficient (Wildman–Crippen LogP) is -0.106. The molecule has 3 N–H and O–H groups in total. The number of nitrogens with one attached hydrogen (secondary N) is 3. The maximum atomic E-state index is 10.9. The Morgan fingerprint density at radius 1 is 1.14 bits per heavy atom. The number of imide groups is 1. The molecule has 0 radical (unpaired) electrons. The molecule has 0 fully saturated rings. The third kappa shape index (κ3) is 4.48. The van der Waals surface area contributed by atoms with Crippen molar-refractivity contribution in [2.24, 2.45) is 0 Å². The molecule has 1 aliphatic heterocycles. The van der Waals surface area contributed by atoms with Gasteiger partial charge in [-0.15, -0.1) is 0 Å². The molecule has 3 amide bonds. The smallest absolute Gasteiger partial charge is 0.273 e. The first-order valence-corrected chi connectivity index (χ1v) is 4.62. The Hall–Kier alpha value is -1.54. The Labute approximate surface area is 82.6 Å². The average molecular weight is 195 g/mol. The van der Waals surface area contributed by atoms with Crippen LogP contribution in [0.15, 0.2) is 0 Å². The molecule has 1 heterocycles. The summed E-state index contributed by atoms with van der Waals surface area (Å²) in [6, 6.07) is -0.565. The molecule has 0 aromatic carbocycles. The van der Waals surface area contributed by atoms with E-state index < -0.39 is 11.9 Å². The fraction of sp³-hybridized carbons (Fsp3) is 0.556. The summed E-state index contributed by atoms with van der Waals surface area (Å²) in [5.74, 6) is 4.49. The Morgan fingerprint density at radius 2 is 2.00 bits per heavy atom. The number of hydrogen-bond acceptors (Lipinski definition) is 3. The predicted molar refractivity (Wildman–Crippen MR) is 50.9 cm³/mol. The monoisotopic (exact) mass is 195 g/mol. The number of amides is 3. The van der Waals surface area contributed by atoms with Crippen molar-refractivity contribution in [3.05, 3.63) is 0 Å². The molecule has 0 atom stereocenters. The molecule has 76 valence electrons. The third-order valence-electron chi connectivity index (χ3n) is 1.73. The van der Waals surface area contributed by atoms with Crippen molar-refractivity contribution in [3.63, 3.8) is 0 Å². The molecule has 1 rings (SSSR count). The van der Waals surface area contributed by atoms with Gasteiger partial charge >= 0.3 is 11.9 Å². The second kappa shape index (κ2) is 6.00. The number of hydrazine groups is 1. The van der Waals surface area contributed by atoms with Crippen molar-refractivity contribution in [2.45, 2.75) is 25.7 Å². The minimum atomic E-state index is -0.565. The van der Waals surface area contributed by atoms with Crippen molar-refractivity contribution in [1.29, 1.82) is 0 Å². The number of carbonyl (C=O) groups is 2. The van der Waals surface area contributed by atoms with Gasteiger partial charge in [-0.25, -0.2) is 10.2 Å². The molecule has 0 bridgehead atoms. The van der Waals surface area contributed by atoms with Gasteiger partial charge in [0.15, 0.2) is 0 Å². The Balaban J connectivity index is 2.46. The van der Waals surface area contributed by atoms with Gasteiger partial charge in [-0.2, -0.15) is 0 Å². The summed E-state index contributed by atoms with van der Waals surface area (Å²) in [7, 11) is 0. The lowest BCUT2D eigenvalue weighted by Crippen LogP contribution is -2.46. The molecule has 0 spiro atoms.